The average molecular weight is 236 g/mol. The van der Waals surface area contributed by atoms with Crippen LogP contribution >= 0.6 is 0 Å². The normalized spacial score (nSPS) is 21.5. The van der Waals surface area contributed by atoms with Gasteiger partial charge in [0.1, 0.15) is 5.76 Å². The first-order valence-electron chi connectivity index (χ1n) is 6.66. The van der Waals surface area contributed by atoms with Crippen molar-refractivity contribution in [3.63, 3.8) is 0 Å². The lowest BCUT2D eigenvalue weighted by Crippen LogP contribution is -2.24. The lowest BCUT2D eigenvalue weighted by Gasteiger charge is -2.15. The van der Waals surface area contributed by atoms with Gasteiger partial charge in [0.05, 0.1) is 12.8 Å². The summed E-state index contributed by atoms with van der Waals surface area (Å²) in [7, 11) is 0. The minimum atomic E-state index is 0.500. The molecule has 1 N–H and O–H groups in total. The van der Waals surface area contributed by atoms with Crippen LogP contribution in [0.15, 0.2) is 16.7 Å². The molecule has 0 aliphatic carbocycles. The fourth-order valence-corrected chi connectivity index (χ4v) is 2.37. The summed E-state index contributed by atoms with van der Waals surface area (Å²) in [5.74, 6) is 1.94. The van der Waals surface area contributed by atoms with Crippen molar-refractivity contribution in [2.75, 3.05) is 13.1 Å². The summed E-state index contributed by atoms with van der Waals surface area (Å²) < 4.78 is 5.56. The molecule has 1 unspecified atom stereocenters. The fraction of sp³-hybridized carbons (Fsp3) is 0.714. The highest BCUT2D eigenvalue weighted by molar-refractivity contribution is 5.17. The van der Waals surface area contributed by atoms with E-state index in [2.05, 4.69) is 37.1 Å². The Kier molecular flexibility index (Phi) is 4.24. The molecule has 0 aromatic carbocycles. The molecule has 0 amide bonds. The zero-order valence-corrected chi connectivity index (χ0v) is 11.2. The van der Waals surface area contributed by atoms with Crippen molar-refractivity contribution in [1.82, 2.24) is 10.2 Å². The maximum atomic E-state index is 5.56. The van der Waals surface area contributed by atoms with E-state index in [1.54, 1.807) is 0 Å². The first kappa shape index (κ1) is 12.7. The second kappa shape index (κ2) is 5.69. The number of hydrogen-bond acceptors (Lipinski definition) is 3. The Hall–Kier alpha value is -0.800. The predicted octanol–water partition coefficient (Wildman–Crippen LogP) is 2.62. The lowest BCUT2D eigenvalue weighted by atomic mass is 10.2. The molecule has 3 nitrogen and oxygen atoms in total. The topological polar surface area (TPSA) is 28.4 Å². The predicted molar refractivity (Wildman–Crippen MR) is 69.7 cm³/mol. The summed E-state index contributed by atoms with van der Waals surface area (Å²) in [6.45, 7) is 11.0. The van der Waals surface area contributed by atoms with Crippen LogP contribution in [0.25, 0.3) is 0 Å². The van der Waals surface area contributed by atoms with Gasteiger partial charge in [-0.15, -0.1) is 0 Å². The van der Waals surface area contributed by atoms with Crippen LogP contribution in [0.2, 0.25) is 0 Å². The molecule has 96 valence electrons. The average Bonchev–Trinajstić information content (AvgIpc) is 2.86. The quantitative estimate of drug-likeness (QED) is 0.852. The monoisotopic (exact) mass is 236 g/mol. The van der Waals surface area contributed by atoms with Crippen LogP contribution in [0.4, 0.5) is 0 Å². The number of hydrogen-bond donors (Lipinski definition) is 1. The Morgan fingerprint density at radius 1 is 1.53 bits per heavy atom. The number of nitrogens with one attached hydrogen (secondary N) is 1. The lowest BCUT2D eigenvalue weighted by molar-refractivity contribution is 0.315. The fourth-order valence-electron chi connectivity index (χ4n) is 2.37. The first-order chi connectivity index (χ1) is 8.15. The van der Waals surface area contributed by atoms with Gasteiger partial charge in [0.15, 0.2) is 0 Å². The zero-order valence-electron chi connectivity index (χ0n) is 11.2. The van der Waals surface area contributed by atoms with Crippen LogP contribution in [0.1, 0.15) is 38.5 Å². The second-order valence-electron chi connectivity index (χ2n) is 5.53. The molecule has 0 spiro atoms. The SMILES string of the molecule is CC1CCN(Cc2ccoc2CNC(C)C)C1. The van der Waals surface area contributed by atoms with Gasteiger partial charge in [-0.3, -0.25) is 4.90 Å². The van der Waals surface area contributed by atoms with Crippen molar-refractivity contribution in [1.29, 1.82) is 0 Å². The van der Waals surface area contributed by atoms with E-state index in [0.717, 1.165) is 24.8 Å². The minimum absolute atomic E-state index is 0.500. The largest absolute Gasteiger partial charge is 0.468 e. The Bertz CT molecular complexity index is 346. The first-order valence-corrected chi connectivity index (χ1v) is 6.66. The number of furan rings is 1. The van der Waals surface area contributed by atoms with E-state index in [4.69, 9.17) is 4.42 Å². The van der Waals surface area contributed by atoms with E-state index in [1.165, 1.54) is 25.1 Å². The Labute approximate surface area is 104 Å². The van der Waals surface area contributed by atoms with Crippen LogP contribution in [0, 0.1) is 5.92 Å². The maximum Gasteiger partial charge on any atom is 0.122 e. The van der Waals surface area contributed by atoms with Gasteiger partial charge >= 0.3 is 0 Å². The number of nitrogens with zero attached hydrogens (tertiary/aromatic N) is 1. The van der Waals surface area contributed by atoms with E-state index >= 15 is 0 Å². The third kappa shape index (κ3) is 3.58. The van der Waals surface area contributed by atoms with Crippen molar-refractivity contribution < 1.29 is 4.42 Å². The van der Waals surface area contributed by atoms with Crippen LogP contribution < -0.4 is 5.32 Å². The molecule has 1 fully saturated rings. The molecule has 1 aliphatic rings. The zero-order chi connectivity index (χ0) is 12.3. The molecule has 2 rings (SSSR count). The van der Waals surface area contributed by atoms with Crippen LogP contribution in [-0.2, 0) is 13.1 Å². The van der Waals surface area contributed by atoms with Gasteiger partial charge in [-0.25, -0.2) is 0 Å². The van der Waals surface area contributed by atoms with Gasteiger partial charge in [-0.05, 0) is 24.9 Å². The highest BCUT2D eigenvalue weighted by Crippen LogP contribution is 2.20. The molecule has 17 heavy (non-hydrogen) atoms. The number of rotatable bonds is 5. The van der Waals surface area contributed by atoms with Gasteiger partial charge in [0, 0.05) is 24.7 Å². The van der Waals surface area contributed by atoms with E-state index < -0.39 is 0 Å². The summed E-state index contributed by atoms with van der Waals surface area (Å²) in [6.07, 6.45) is 3.14. The van der Waals surface area contributed by atoms with Gasteiger partial charge in [-0.2, -0.15) is 0 Å². The Morgan fingerprint density at radius 2 is 2.35 bits per heavy atom. The molecular formula is C14H24N2O. The number of likely N-dealkylation sites (tertiary alicyclic amines) is 1. The van der Waals surface area contributed by atoms with Crippen LogP contribution in [-0.4, -0.2) is 24.0 Å². The van der Waals surface area contributed by atoms with Crippen molar-refractivity contribution in [3.8, 4) is 0 Å². The molecule has 1 saturated heterocycles. The van der Waals surface area contributed by atoms with E-state index in [-0.39, 0.29) is 0 Å². The molecule has 0 radical (unpaired) electrons. The van der Waals surface area contributed by atoms with E-state index in [9.17, 15) is 0 Å². The van der Waals surface area contributed by atoms with Gasteiger partial charge in [-0.1, -0.05) is 20.8 Å². The molecule has 3 heteroatoms. The summed E-state index contributed by atoms with van der Waals surface area (Å²) in [4.78, 5) is 2.52. The maximum absolute atomic E-state index is 5.56. The second-order valence-corrected chi connectivity index (χ2v) is 5.53. The van der Waals surface area contributed by atoms with Crippen molar-refractivity contribution >= 4 is 0 Å². The summed E-state index contributed by atoms with van der Waals surface area (Å²) in [6, 6.07) is 2.61. The highest BCUT2D eigenvalue weighted by atomic mass is 16.3. The van der Waals surface area contributed by atoms with E-state index in [1.807, 2.05) is 6.26 Å². The van der Waals surface area contributed by atoms with Crippen molar-refractivity contribution in [2.24, 2.45) is 5.92 Å². The summed E-state index contributed by atoms with van der Waals surface area (Å²) in [5.41, 5.74) is 1.34. The molecule has 2 heterocycles. The van der Waals surface area contributed by atoms with Crippen LogP contribution in [0.3, 0.4) is 0 Å². The van der Waals surface area contributed by atoms with Gasteiger partial charge < -0.3 is 9.73 Å². The Morgan fingerprint density at radius 3 is 3.00 bits per heavy atom. The Balaban J connectivity index is 1.89. The standard InChI is InChI=1S/C14H24N2O/c1-11(2)15-8-14-13(5-7-17-14)10-16-6-4-12(3)9-16/h5,7,11-12,15H,4,6,8-10H2,1-3H3. The summed E-state index contributed by atoms with van der Waals surface area (Å²) >= 11 is 0. The third-order valence-corrected chi connectivity index (χ3v) is 3.41. The molecule has 0 saturated carbocycles. The minimum Gasteiger partial charge on any atom is -0.468 e. The molecule has 1 atom stereocenters. The van der Waals surface area contributed by atoms with Crippen LogP contribution in [0.5, 0.6) is 0 Å². The van der Waals surface area contributed by atoms with Gasteiger partial charge in [0.2, 0.25) is 0 Å². The summed E-state index contributed by atoms with van der Waals surface area (Å²) in [5, 5.41) is 3.41. The molecule has 1 aromatic heterocycles. The smallest absolute Gasteiger partial charge is 0.122 e. The van der Waals surface area contributed by atoms with Crippen molar-refractivity contribution in [2.45, 2.75) is 46.3 Å². The van der Waals surface area contributed by atoms with Gasteiger partial charge in [0.25, 0.3) is 0 Å². The molecule has 1 aromatic rings. The van der Waals surface area contributed by atoms with Crippen molar-refractivity contribution in [3.05, 3.63) is 23.7 Å². The van der Waals surface area contributed by atoms with E-state index in [0.29, 0.717) is 6.04 Å². The highest BCUT2D eigenvalue weighted by Gasteiger charge is 2.20. The third-order valence-electron chi connectivity index (χ3n) is 3.41. The molecular weight excluding hydrogens is 212 g/mol. The molecule has 0 bridgehead atoms. The molecule has 1 aliphatic heterocycles.